The SMILES string of the molecule is Cc1nnc(N2CCN(C(=O)C(c3ccc(Cl)cc3)C3CCCC3)CC2)o1. The van der Waals surface area contributed by atoms with Gasteiger partial charge in [-0.2, -0.15) is 0 Å². The maximum Gasteiger partial charge on any atom is 0.318 e. The first-order chi connectivity index (χ1) is 13.1. The van der Waals surface area contributed by atoms with Crippen LogP contribution >= 0.6 is 11.6 Å². The van der Waals surface area contributed by atoms with Gasteiger partial charge in [-0.1, -0.05) is 41.7 Å². The fourth-order valence-corrected chi connectivity index (χ4v) is 4.43. The maximum atomic E-state index is 13.4. The Morgan fingerprint density at radius 2 is 1.78 bits per heavy atom. The van der Waals surface area contributed by atoms with Crippen LogP contribution in [0.3, 0.4) is 0 Å². The highest BCUT2D eigenvalue weighted by atomic mass is 35.5. The molecule has 1 saturated heterocycles. The molecule has 0 radical (unpaired) electrons. The van der Waals surface area contributed by atoms with Crippen molar-refractivity contribution in [2.24, 2.45) is 5.92 Å². The van der Waals surface area contributed by atoms with E-state index in [9.17, 15) is 4.79 Å². The number of aryl methyl sites for hydroxylation is 1. The first-order valence-corrected chi connectivity index (χ1v) is 10.1. The minimum atomic E-state index is -0.0676. The van der Waals surface area contributed by atoms with E-state index in [0.29, 0.717) is 49.0 Å². The van der Waals surface area contributed by atoms with Crippen molar-refractivity contribution in [3.8, 4) is 0 Å². The minimum Gasteiger partial charge on any atom is -0.408 e. The fraction of sp³-hybridized carbons (Fsp3) is 0.550. The lowest BCUT2D eigenvalue weighted by Crippen LogP contribution is -2.50. The average molecular weight is 389 g/mol. The normalized spacial score (nSPS) is 19.5. The number of rotatable bonds is 4. The van der Waals surface area contributed by atoms with Crippen molar-refractivity contribution in [2.75, 3.05) is 31.1 Å². The Balaban J connectivity index is 1.47. The number of anilines is 1. The number of hydrogen-bond acceptors (Lipinski definition) is 5. The molecule has 1 aliphatic heterocycles. The summed E-state index contributed by atoms with van der Waals surface area (Å²) in [6, 6.07) is 8.36. The van der Waals surface area contributed by atoms with Gasteiger partial charge in [0.05, 0.1) is 5.92 Å². The molecule has 6 nitrogen and oxygen atoms in total. The number of hydrogen-bond donors (Lipinski definition) is 0. The summed E-state index contributed by atoms with van der Waals surface area (Å²) in [4.78, 5) is 17.5. The van der Waals surface area contributed by atoms with Gasteiger partial charge >= 0.3 is 6.01 Å². The molecule has 1 atom stereocenters. The zero-order chi connectivity index (χ0) is 18.8. The van der Waals surface area contributed by atoms with Crippen LogP contribution in [0.15, 0.2) is 28.7 Å². The minimum absolute atomic E-state index is 0.0676. The van der Waals surface area contributed by atoms with Crippen molar-refractivity contribution in [1.29, 1.82) is 0 Å². The Labute approximate surface area is 164 Å². The fourth-order valence-electron chi connectivity index (χ4n) is 4.31. The van der Waals surface area contributed by atoms with Crippen molar-refractivity contribution in [3.05, 3.63) is 40.7 Å². The van der Waals surface area contributed by atoms with Gasteiger partial charge in [0.2, 0.25) is 11.8 Å². The molecule has 27 heavy (non-hydrogen) atoms. The van der Waals surface area contributed by atoms with Crippen molar-refractivity contribution in [3.63, 3.8) is 0 Å². The Kier molecular flexibility index (Phi) is 5.34. The van der Waals surface area contributed by atoms with E-state index in [1.807, 2.05) is 29.2 Å². The van der Waals surface area contributed by atoms with Crippen LogP contribution in [0, 0.1) is 12.8 Å². The average Bonchev–Trinajstić information content (AvgIpc) is 3.36. The summed E-state index contributed by atoms with van der Waals surface area (Å²) in [5, 5.41) is 8.69. The van der Waals surface area contributed by atoms with E-state index in [4.69, 9.17) is 16.0 Å². The molecule has 2 aromatic rings. The monoisotopic (exact) mass is 388 g/mol. The molecular formula is C20H25ClN4O2. The molecule has 2 aliphatic rings. The predicted molar refractivity (Wildman–Crippen MR) is 104 cm³/mol. The zero-order valence-corrected chi connectivity index (χ0v) is 16.4. The quantitative estimate of drug-likeness (QED) is 0.799. The van der Waals surface area contributed by atoms with Crippen molar-refractivity contribution < 1.29 is 9.21 Å². The van der Waals surface area contributed by atoms with E-state index in [2.05, 4.69) is 15.1 Å². The van der Waals surface area contributed by atoms with E-state index in [0.717, 1.165) is 18.4 Å². The van der Waals surface area contributed by atoms with Crippen LogP contribution in [0.5, 0.6) is 0 Å². The molecule has 0 N–H and O–H groups in total. The Morgan fingerprint density at radius 3 is 2.37 bits per heavy atom. The topological polar surface area (TPSA) is 62.5 Å². The molecule has 7 heteroatoms. The van der Waals surface area contributed by atoms with Crippen molar-refractivity contribution in [1.82, 2.24) is 15.1 Å². The molecule has 1 aromatic heterocycles. The van der Waals surface area contributed by atoms with E-state index in [1.165, 1.54) is 12.8 Å². The van der Waals surface area contributed by atoms with Gasteiger partial charge in [-0.3, -0.25) is 4.79 Å². The molecule has 1 amide bonds. The standard InChI is InChI=1S/C20H25ClN4O2/c1-14-22-23-20(27-14)25-12-10-24(11-13-25)19(26)18(15-4-2-3-5-15)16-6-8-17(21)9-7-16/h6-9,15,18H,2-5,10-13H2,1H3. The second-order valence-corrected chi connectivity index (χ2v) is 7.93. The lowest BCUT2D eigenvalue weighted by atomic mass is 9.83. The third-order valence-corrected chi connectivity index (χ3v) is 6.00. The van der Waals surface area contributed by atoms with Crippen LogP contribution in [0.1, 0.15) is 43.1 Å². The van der Waals surface area contributed by atoms with Crippen LogP contribution < -0.4 is 4.90 Å². The van der Waals surface area contributed by atoms with Gasteiger partial charge in [-0.15, -0.1) is 5.10 Å². The Morgan fingerprint density at radius 1 is 1.11 bits per heavy atom. The van der Waals surface area contributed by atoms with Gasteiger partial charge in [0.1, 0.15) is 0 Å². The molecule has 1 aliphatic carbocycles. The van der Waals surface area contributed by atoms with E-state index in [1.54, 1.807) is 6.92 Å². The highest BCUT2D eigenvalue weighted by molar-refractivity contribution is 6.30. The Hall–Kier alpha value is -2.08. The summed E-state index contributed by atoms with van der Waals surface area (Å²) in [6.45, 7) is 4.57. The highest BCUT2D eigenvalue weighted by Gasteiger charge is 2.36. The molecule has 4 rings (SSSR count). The van der Waals surface area contributed by atoms with E-state index in [-0.39, 0.29) is 11.8 Å². The predicted octanol–water partition coefficient (Wildman–Crippen LogP) is 3.65. The van der Waals surface area contributed by atoms with Crippen LogP contribution in [0.25, 0.3) is 0 Å². The Bertz CT molecular complexity index is 778. The summed E-state index contributed by atoms with van der Waals surface area (Å²) < 4.78 is 5.52. The van der Waals surface area contributed by atoms with Crippen LogP contribution in [-0.2, 0) is 4.79 Å². The second-order valence-electron chi connectivity index (χ2n) is 7.49. The number of nitrogens with zero attached hydrogens (tertiary/aromatic N) is 4. The molecule has 1 aromatic carbocycles. The summed E-state index contributed by atoms with van der Waals surface area (Å²) >= 11 is 6.06. The zero-order valence-electron chi connectivity index (χ0n) is 15.6. The third kappa shape index (κ3) is 3.95. The summed E-state index contributed by atoms with van der Waals surface area (Å²) in [5.74, 6) is 1.16. The third-order valence-electron chi connectivity index (χ3n) is 5.74. The number of piperazine rings is 1. The molecule has 2 heterocycles. The van der Waals surface area contributed by atoms with Crippen LogP contribution in [0.4, 0.5) is 6.01 Å². The highest BCUT2D eigenvalue weighted by Crippen LogP contribution is 2.39. The van der Waals surface area contributed by atoms with Crippen LogP contribution in [0.2, 0.25) is 5.02 Å². The lowest BCUT2D eigenvalue weighted by Gasteiger charge is -2.37. The van der Waals surface area contributed by atoms with Crippen LogP contribution in [-0.4, -0.2) is 47.2 Å². The molecule has 1 saturated carbocycles. The number of carbonyl (C=O) groups excluding carboxylic acids is 1. The first kappa shape index (κ1) is 18.3. The first-order valence-electron chi connectivity index (χ1n) is 9.71. The van der Waals surface area contributed by atoms with Gasteiger partial charge in [0.15, 0.2) is 0 Å². The number of halogens is 1. The second kappa shape index (κ2) is 7.89. The summed E-state index contributed by atoms with van der Waals surface area (Å²) in [7, 11) is 0. The molecule has 0 bridgehead atoms. The van der Waals surface area contributed by atoms with E-state index < -0.39 is 0 Å². The smallest absolute Gasteiger partial charge is 0.318 e. The van der Waals surface area contributed by atoms with Gasteiger partial charge in [0.25, 0.3) is 0 Å². The number of amides is 1. The summed E-state index contributed by atoms with van der Waals surface area (Å²) in [5.41, 5.74) is 1.09. The van der Waals surface area contributed by atoms with E-state index >= 15 is 0 Å². The lowest BCUT2D eigenvalue weighted by molar-refractivity contribution is -0.134. The number of benzene rings is 1. The maximum absolute atomic E-state index is 13.4. The molecule has 144 valence electrons. The van der Waals surface area contributed by atoms with Gasteiger partial charge < -0.3 is 14.2 Å². The van der Waals surface area contributed by atoms with Crippen molar-refractivity contribution in [2.45, 2.75) is 38.5 Å². The largest absolute Gasteiger partial charge is 0.408 e. The molecular weight excluding hydrogens is 364 g/mol. The summed E-state index contributed by atoms with van der Waals surface area (Å²) in [6.07, 6.45) is 4.68. The van der Waals surface area contributed by atoms with Gasteiger partial charge in [0, 0.05) is 38.1 Å². The molecule has 2 fully saturated rings. The van der Waals surface area contributed by atoms with Gasteiger partial charge in [-0.25, -0.2) is 0 Å². The molecule has 1 unspecified atom stereocenters. The van der Waals surface area contributed by atoms with Crippen molar-refractivity contribution >= 4 is 23.5 Å². The molecule has 0 spiro atoms. The number of aromatic nitrogens is 2. The number of carbonyl (C=O) groups is 1. The van der Waals surface area contributed by atoms with Gasteiger partial charge in [-0.05, 0) is 36.5 Å².